The third-order valence-corrected chi connectivity index (χ3v) is 5.88. The zero-order chi connectivity index (χ0) is 23.3. The second-order valence-corrected chi connectivity index (χ2v) is 8.24. The Morgan fingerprint density at radius 1 is 1.36 bits per heavy atom. The molecule has 3 N–H and O–H groups in total. The molecular formula is C21H20ClFN8O2. The highest BCUT2D eigenvalue weighted by Crippen LogP contribution is 2.41. The Morgan fingerprint density at radius 3 is 2.82 bits per heavy atom. The molecule has 12 heteroatoms. The van der Waals surface area contributed by atoms with Crippen LogP contribution in [0.3, 0.4) is 0 Å². The van der Waals surface area contributed by atoms with E-state index in [1.54, 1.807) is 25.1 Å². The van der Waals surface area contributed by atoms with Crippen molar-refractivity contribution in [2.45, 2.75) is 44.9 Å². The van der Waals surface area contributed by atoms with Crippen molar-refractivity contribution in [1.29, 1.82) is 0 Å². The van der Waals surface area contributed by atoms with Crippen LogP contribution in [0.2, 0.25) is 5.02 Å². The number of hydrogen-bond acceptors (Lipinski definition) is 9. The van der Waals surface area contributed by atoms with Crippen molar-refractivity contribution in [2.24, 2.45) is 0 Å². The molecule has 1 aliphatic carbocycles. The second-order valence-electron chi connectivity index (χ2n) is 7.83. The van der Waals surface area contributed by atoms with Crippen molar-refractivity contribution in [2.75, 3.05) is 11.1 Å². The second kappa shape index (κ2) is 8.07. The molecule has 33 heavy (non-hydrogen) atoms. The van der Waals surface area contributed by atoms with Gasteiger partial charge in [-0.15, -0.1) is 0 Å². The molecule has 3 atom stereocenters. The summed E-state index contributed by atoms with van der Waals surface area (Å²) < 4.78 is 20.8. The first kappa shape index (κ1) is 21.3. The van der Waals surface area contributed by atoms with E-state index in [1.807, 2.05) is 6.92 Å². The van der Waals surface area contributed by atoms with Crippen molar-refractivity contribution in [1.82, 2.24) is 29.7 Å². The molecule has 4 aromatic rings. The number of benzene rings is 1. The quantitative estimate of drug-likeness (QED) is 0.432. The van der Waals surface area contributed by atoms with Gasteiger partial charge in [-0.05, 0) is 25.5 Å². The first-order valence-electron chi connectivity index (χ1n) is 10.4. The minimum atomic E-state index is -1.12. The third kappa shape index (κ3) is 3.67. The number of anilines is 2. The molecule has 1 fully saturated rings. The standard InChI is InChI=1S/C21H20ClFN8O2/c1-3-12(28-18-16(17(24)25-8-26-18)20-27-9(2)30-33-20)19-29-13-6-4-5-10(22)15(13)21(32)31(19)14-7-11(14)23/h4-6,8,11-12,14H,3,7H2,1-2H3,(H3,24,25,26,28). The van der Waals surface area contributed by atoms with Gasteiger partial charge in [-0.3, -0.25) is 9.36 Å². The Kier molecular flexibility index (Phi) is 5.20. The first-order valence-corrected chi connectivity index (χ1v) is 10.8. The van der Waals surface area contributed by atoms with E-state index in [0.717, 1.165) is 0 Å². The van der Waals surface area contributed by atoms with Gasteiger partial charge in [0, 0.05) is 6.42 Å². The Bertz CT molecular complexity index is 1420. The lowest BCUT2D eigenvalue weighted by atomic mass is 10.1. The first-order chi connectivity index (χ1) is 15.9. The maximum atomic E-state index is 14.2. The van der Waals surface area contributed by atoms with Crippen LogP contribution < -0.4 is 16.6 Å². The van der Waals surface area contributed by atoms with Gasteiger partial charge < -0.3 is 15.6 Å². The summed E-state index contributed by atoms with van der Waals surface area (Å²) >= 11 is 6.28. The molecule has 0 aliphatic heterocycles. The number of alkyl halides is 1. The molecular weight excluding hydrogens is 451 g/mol. The van der Waals surface area contributed by atoms with E-state index in [9.17, 15) is 9.18 Å². The Balaban J connectivity index is 1.65. The number of aromatic nitrogens is 6. The summed E-state index contributed by atoms with van der Waals surface area (Å²) in [7, 11) is 0. The molecule has 1 aromatic carbocycles. The molecule has 0 spiro atoms. The van der Waals surface area contributed by atoms with Crippen LogP contribution in [-0.4, -0.2) is 35.8 Å². The Hall–Kier alpha value is -3.60. The minimum absolute atomic E-state index is 0.146. The van der Waals surface area contributed by atoms with E-state index < -0.39 is 18.3 Å². The summed E-state index contributed by atoms with van der Waals surface area (Å²) in [5, 5.41) is 7.62. The number of hydrogen-bond donors (Lipinski definition) is 2. The van der Waals surface area contributed by atoms with Crippen molar-refractivity contribution in [3.05, 3.63) is 51.6 Å². The predicted octanol–water partition coefficient (Wildman–Crippen LogP) is 3.63. The third-order valence-electron chi connectivity index (χ3n) is 5.57. The highest BCUT2D eigenvalue weighted by Gasteiger charge is 2.42. The van der Waals surface area contributed by atoms with E-state index >= 15 is 0 Å². The Labute approximate surface area is 192 Å². The zero-order valence-electron chi connectivity index (χ0n) is 17.8. The largest absolute Gasteiger partial charge is 0.383 e. The van der Waals surface area contributed by atoms with Crippen molar-refractivity contribution in [3.8, 4) is 11.5 Å². The van der Waals surface area contributed by atoms with Gasteiger partial charge in [-0.25, -0.2) is 19.3 Å². The topological polar surface area (TPSA) is 138 Å². The van der Waals surface area contributed by atoms with Crippen LogP contribution in [0.4, 0.5) is 16.0 Å². The molecule has 170 valence electrons. The van der Waals surface area contributed by atoms with E-state index in [0.29, 0.717) is 35.0 Å². The van der Waals surface area contributed by atoms with E-state index in [2.05, 4.69) is 25.4 Å². The molecule has 10 nitrogen and oxygen atoms in total. The summed E-state index contributed by atoms with van der Waals surface area (Å²) in [6, 6.07) is 3.94. The molecule has 1 saturated carbocycles. The van der Waals surface area contributed by atoms with Gasteiger partial charge in [0.25, 0.3) is 11.4 Å². The molecule has 0 amide bonds. The number of nitrogens with one attached hydrogen (secondary N) is 1. The molecule has 3 aromatic heterocycles. The highest BCUT2D eigenvalue weighted by molar-refractivity contribution is 6.35. The summed E-state index contributed by atoms with van der Waals surface area (Å²) in [6.07, 6.45) is 0.936. The average molecular weight is 471 g/mol. The number of halogens is 2. The molecule has 0 saturated heterocycles. The van der Waals surface area contributed by atoms with Gasteiger partial charge in [0.15, 0.2) is 5.82 Å². The number of rotatable bonds is 6. The lowest BCUT2D eigenvalue weighted by Crippen LogP contribution is -2.29. The van der Waals surface area contributed by atoms with Gasteiger partial charge in [-0.1, -0.05) is 29.7 Å². The van der Waals surface area contributed by atoms with Gasteiger partial charge >= 0.3 is 0 Å². The summed E-state index contributed by atoms with van der Waals surface area (Å²) in [6.45, 7) is 3.60. The molecule has 3 heterocycles. The molecule has 3 unspecified atom stereocenters. The van der Waals surface area contributed by atoms with Crippen LogP contribution >= 0.6 is 11.6 Å². The molecule has 0 bridgehead atoms. The zero-order valence-corrected chi connectivity index (χ0v) is 18.5. The summed E-state index contributed by atoms with van der Waals surface area (Å²) in [4.78, 5) is 30.6. The lowest BCUT2D eigenvalue weighted by Gasteiger charge is -2.23. The number of aryl methyl sites for hydroxylation is 1. The van der Waals surface area contributed by atoms with Crippen molar-refractivity contribution in [3.63, 3.8) is 0 Å². The minimum Gasteiger partial charge on any atom is -0.383 e. The fraction of sp³-hybridized carbons (Fsp3) is 0.333. The maximum absolute atomic E-state index is 14.2. The van der Waals surface area contributed by atoms with Gasteiger partial charge in [-0.2, -0.15) is 4.98 Å². The van der Waals surface area contributed by atoms with E-state index in [4.69, 9.17) is 26.8 Å². The van der Waals surface area contributed by atoms with Gasteiger partial charge in [0.1, 0.15) is 35.5 Å². The predicted molar refractivity (Wildman–Crippen MR) is 121 cm³/mol. The number of nitrogens with two attached hydrogens (primary N) is 1. The fourth-order valence-electron chi connectivity index (χ4n) is 3.84. The monoisotopic (exact) mass is 470 g/mol. The normalized spacial score (nSPS) is 18.4. The van der Waals surface area contributed by atoms with E-state index in [-0.39, 0.29) is 34.1 Å². The van der Waals surface area contributed by atoms with Crippen LogP contribution in [0.1, 0.15) is 43.5 Å². The smallest absolute Gasteiger partial charge is 0.265 e. The Morgan fingerprint density at radius 2 is 2.15 bits per heavy atom. The van der Waals surface area contributed by atoms with Crippen LogP contribution in [0.15, 0.2) is 33.8 Å². The van der Waals surface area contributed by atoms with Crippen LogP contribution in [0.25, 0.3) is 22.4 Å². The molecule has 0 radical (unpaired) electrons. The number of nitrogen functional groups attached to an aromatic ring is 1. The summed E-state index contributed by atoms with van der Waals surface area (Å²) in [5.41, 5.74) is 6.48. The van der Waals surface area contributed by atoms with Crippen LogP contribution in [-0.2, 0) is 0 Å². The van der Waals surface area contributed by atoms with Crippen molar-refractivity contribution >= 4 is 34.1 Å². The number of fused-ring (bicyclic) bond motifs is 1. The lowest BCUT2D eigenvalue weighted by molar-refractivity contribution is 0.425. The fourth-order valence-corrected chi connectivity index (χ4v) is 4.09. The van der Waals surface area contributed by atoms with Crippen LogP contribution in [0.5, 0.6) is 0 Å². The molecule has 1 aliphatic rings. The SMILES string of the molecule is CCC(Nc1ncnc(N)c1-c1nc(C)no1)c1nc2cccc(Cl)c2c(=O)n1C1CC1F. The maximum Gasteiger partial charge on any atom is 0.265 e. The van der Waals surface area contributed by atoms with Gasteiger partial charge in [0.05, 0.1) is 28.0 Å². The molecule has 5 rings (SSSR count). The number of nitrogens with zero attached hydrogens (tertiary/aromatic N) is 6. The highest BCUT2D eigenvalue weighted by atomic mass is 35.5. The summed E-state index contributed by atoms with van der Waals surface area (Å²) in [5.74, 6) is 1.44. The van der Waals surface area contributed by atoms with Crippen LogP contribution in [0, 0.1) is 6.92 Å². The van der Waals surface area contributed by atoms with Gasteiger partial charge in [0.2, 0.25) is 0 Å². The van der Waals surface area contributed by atoms with E-state index in [1.165, 1.54) is 10.9 Å². The average Bonchev–Trinajstić information content (AvgIpc) is 3.34. The van der Waals surface area contributed by atoms with Crippen molar-refractivity contribution < 1.29 is 8.91 Å².